The fourth-order valence-corrected chi connectivity index (χ4v) is 0.739. The maximum absolute atomic E-state index is 8.42. The summed E-state index contributed by atoms with van der Waals surface area (Å²) in [6.45, 7) is 0. The van der Waals surface area contributed by atoms with Crippen LogP contribution in [0.5, 0.6) is 0 Å². The van der Waals surface area contributed by atoms with Crippen molar-refractivity contribution in [2.75, 3.05) is 5.73 Å². The molecule has 1 rings (SSSR count). The van der Waals surface area contributed by atoms with E-state index in [9.17, 15) is 0 Å². The average Bonchev–Trinajstić information content (AvgIpc) is 1.94. The summed E-state index contributed by atoms with van der Waals surface area (Å²) >= 11 is 3.09. The van der Waals surface area contributed by atoms with Crippen LogP contribution < -0.4 is 5.73 Å². The van der Waals surface area contributed by atoms with Crippen molar-refractivity contribution in [3.05, 3.63) is 16.4 Å². The Kier molecular flexibility index (Phi) is 1.83. The average molecular weight is 199 g/mol. The second kappa shape index (κ2) is 2.62. The Hall–Kier alpha value is -1.15. The molecule has 1 aromatic heterocycles. The summed E-state index contributed by atoms with van der Waals surface area (Å²) in [5, 5.41) is 8.42. The molecule has 1 heterocycles. The van der Waals surface area contributed by atoms with Gasteiger partial charge < -0.3 is 5.73 Å². The quantitative estimate of drug-likeness (QED) is 0.666. The van der Waals surface area contributed by atoms with E-state index in [1.54, 1.807) is 0 Å². The molecule has 0 aromatic carbocycles. The van der Waals surface area contributed by atoms with Crippen molar-refractivity contribution in [3.8, 4) is 6.07 Å². The molecule has 0 atom stereocenters. The molecule has 0 fully saturated rings. The molecule has 0 aliphatic rings. The van der Waals surface area contributed by atoms with Crippen molar-refractivity contribution < 1.29 is 0 Å². The van der Waals surface area contributed by atoms with Crippen molar-refractivity contribution in [2.24, 2.45) is 0 Å². The van der Waals surface area contributed by atoms with Crippen LogP contribution in [-0.4, -0.2) is 9.97 Å². The monoisotopic (exact) mass is 198 g/mol. The molecule has 0 radical (unpaired) electrons. The molecular weight excluding hydrogens is 196 g/mol. The summed E-state index contributed by atoms with van der Waals surface area (Å²) in [7, 11) is 0. The van der Waals surface area contributed by atoms with Crippen LogP contribution in [0.15, 0.2) is 10.7 Å². The number of halogens is 1. The highest BCUT2D eigenvalue weighted by atomic mass is 79.9. The van der Waals surface area contributed by atoms with Gasteiger partial charge in [-0.1, -0.05) is 0 Å². The van der Waals surface area contributed by atoms with Gasteiger partial charge in [-0.05, 0) is 15.9 Å². The van der Waals surface area contributed by atoms with Crippen LogP contribution >= 0.6 is 15.9 Å². The highest BCUT2D eigenvalue weighted by Gasteiger charge is 1.99. The zero-order chi connectivity index (χ0) is 7.56. The molecule has 1 aromatic rings. The van der Waals surface area contributed by atoms with E-state index >= 15 is 0 Å². The smallest absolute Gasteiger partial charge is 0.221 e. The Balaban J connectivity index is 3.25. The third kappa shape index (κ3) is 1.22. The predicted octanol–water partition coefficient (Wildman–Crippen LogP) is 0.693. The fourth-order valence-electron chi connectivity index (χ4n) is 0.459. The molecule has 0 amide bonds. The third-order valence-electron chi connectivity index (χ3n) is 0.869. The zero-order valence-electron chi connectivity index (χ0n) is 4.87. The lowest BCUT2D eigenvalue weighted by atomic mass is 10.4. The van der Waals surface area contributed by atoms with E-state index in [1.807, 2.05) is 6.07 Å². The van der Waals surface area contributed by atoms with Crippen LogP contribution in [0.25, 0.3) is 0 Å². The summed E-state index contributed by atoms with van der Waals surface area (Å²) in [5.41, 5.74) is 5.47. The van der Waals surface area contributed by atoms with Gasteiger partial charge in [0, 0.05) is 6.20 Å². The zero-order valence-corrected chi connectivity index (χ0v) is 6.46. The topological polar surface area (TPSA) is 75.6 Å². The minimum Gasteiger partial charge on any atom is -0.368 e. The third-order valence-corrected chi connectivity index (χ3v) is 1.45. The standard InChI is InChI=1S/C5H3BrN4/c6-3-2-9-5(8)10-4(3)1-7/h2H,(H2,8,9,10). The number of hydrogen-bond donors (Lipinski definition) is 1. The normalized spacial score (nSPS) is 8.80. The van der Waals surface area contributed by atoms with Crippen molar-refractivity contribution in [3.63, 3.8) is 0 Å². The summed E-state index contributed by atoms with van der Waals surface area (Å²) in [5.74, 6) is 0.111. The molecule has 0 aliphatic carbocycles. The van der Waals surface area contributed by atoms with E-state index in [4.69, 9.17) is 11.0 Å². The van der Waals surface area contributed by atoms with Gasteiger partial charge in [-0.2, -0.15) is 5.26 Å². The van der Waals surface area contributed by atoms with Crippen molar-refractivity contribution in [1.29, 1.82) is 5.26 Å². The number of aromatic nitrogens is 2. The highest BCUT2D eigenvalue weighted by Crippen LogP contribution is 2.11. The number of nitrogen functional groups attached to an aromatic ring is 1. The molecule has 0 unspecified atom stereocenters. The van der Waals surface area contributed by atoms with Crippen LogP contribution in [0.2, 0.25) is 0 Å². The van der Waals surface area contributed by atoms with Gasteiger partial charge in [0.15, 0.2) is 5.69 Å². The van der Waals surface area contributed by atoms with Crippen molar-refractivity contribution in [1.82, 2.24) is 9.97 Å². The van der Waals surface area contributed by atoms with Gasteiger partial charge in [0.1, 0.15) is 6.07 Å². The Morgan fingerprint density at radius 1 is 1.70 bits per heavy atom. The van der Waals surface area contributed by atoms with E-state index < -0.39 is 0 Å². The SMILES string of the molecule is N#Cc1nc(N)ncc1Br. The molecule has 0 aliphatic heterocycles. The van der Waals surface area contributed by atoms with Gasteiger partial charge in [-0.25, -0.2) is 9.97 Å². The first kappa shape index (κ1) is 6.96. The minimum absolute atomic E-state index is 0.111. The summed E-state index contributed by atoms with van der Waals surface area (Å²) in [6, 6.07) is 1.86. The molecule has 0 saturated carbocycles. The Morgan fingerprint density at radius 3 is 2.90 bits per heavy atom. The number of nitrogens with zero attached hydrogens (tertiary/aromatic N) is 3. The van der Waals surface area contributed by atoms with E-state index in [0.717, 1.165) is 0 Å². The van der Waals surface area contributed by atoms with Crippen LogP contribution in [0.1, 0.15) is 5.69 Å². The van der Waals surface area contributed by atoms with Crippen LogP contribution in [-0.2, 0) is 0 Å². The summed E-state index contributed by atoms with van der Waals surface area (Å²) in [6.07, 6.45) is 1.45. The number of nitriles is 1. The van der Waals surface area contributed by atoms with Crippen LogP contribution in [0.3, 0.4) is 0 Å². The van der Waals surface area contributed by atoms with E-state index in [2.05, 4.69) is 25.9 Å². The maximum atomic E-state index is 8.42. The fraction of sp³-hybridized carbons (Fsp3) is 0. The second-order valence-corrected chi connectivity index (χ2v) is 2.39. The molecule has 5 heteroatoms. The van der Waals surface area contributed by atoms with E-state index in [-0.39, 0.29) is 11.6 Å². The number of rotatable bonds is 0. The van der Waals surface area contributed by atoms with Gasteiger partial charge in [-0.3, -0.25) is 0 Å². The lowest BCUT2D eigenvalue weighted by molar-refractivity contribution is 1.14. The predicted molar refractivity (Wildman–Crippen MR) is 38.9 cm³/mol. The van der Waals surface area contributed by atoms with Crippen LogP contribution in [0, 0.1) is 11.3 Å². The first-order valence-electron chi connectivity index (χ1n) is 2.42. The Labute approximate surface area is 65.8 Å². The Bertz CT molecular complexity index is 290. The molecule has 0 spiro atoms. The lowest BCUT2D eigenvalue weighted by Crippen LogP contribution is -1.96. The van der Waals surface area contributed by atoms with E-state index in [1.165, 1.54) is 6.20 Å². The van der Waals surface area contributed by atoms with Gasteiger partial charge in [0.2, 0.25) is 5.95 Å². The number of nitrogens with two attached hydrogens (primary N) is 1. The lowest BCUT2D eigenvalue weighted by Gasteiger charge is -1.92. The van der Waals surface area contributed by atoms with Gasteiger partial charge in [0.25, 0.3) is 0 Å². The first-order valence-corrected chi connectivity index (χ1v) is 3.21. The molecule has 0 bridgehead atoms. The number of hydrogen-bond acceptors (Lipinski definition) is 4. The van der Waals surface area contributed by atoms with Gasteiger partial charge in [-0.15, -0.1) is 0 Å². The maximum Gasteiger partial charge on any atom is 0.221 e. The summed E-state index contributed by atoms with van der Waals surface area (Å²) < 4.78 is 0.559. The van der Waals surface area contributed by atoms with Crippen molar-refractivity contribution >= 4 is 21.9 Å². The van der Waals surface area contributed by atoms with Gasteiger partial charge in [0.05, 0.1) is 4.47 Å². The largest absolute Gasteiger partial charge is 0.368 e. The van der Waals surface area contributed by atoms with E-state index in [0.29, 0.717) is 4.47 Å². The molecule has 50 valence electrons. The van der Waals surface area contributed by atoms with Crippen molar-refractivity contribution in [2.45, 2.75) is 0 Å². The first-order chi connectivity index (χ1) is 4.74. The molecule has 4 nitrogen and oxygen atoms in total. The number of anilines is 1. The molecular formula is C5H3BrN4. The Morgan fingerprint density at radius 2 is 2.40 bits per heavy atom. The molecule has 0 saturated heterocycles. The minimum atomic E-state index is 0.111. The molecule has 2 N–H and O–H groups in total. The van der Waals surface area contributed by atoms with Crippen LogP contribution in [0.4, 0.5) is 5.95 Å². The summed E-state index contributed by atoms with van der Waals surface area (Å²) in [4.78, 5) is 7.31. The second-order valence-electron chi connectivity index (χ2n) is 1.54. The van der Waals surface area contributed by atoms with Gasteiger partial charge >= 0.3 is 0 Å². The molecule has 10 heavy (non-hydrogen) atoms. The highest BCUT2D eigenvalue weighted by molar-refractivity contribution is 9.10.